The summed E-state index contributed by atoms with van der Waals surface area (Å²) in [5.74, 6) is 0. The molecule has 0 saturated heterocycles. The van der Waals surface area contributed by atoms with Crippen molar-refractivity contribution in [3.8, 4) is 0 Å². The molecule has 0 saturated carbocycles. The highest BCUT2D eigenvalue weighted by Crippen LogP contribution is 2.34. The van der Waals surface area contributed by atoms with Crippen molar-refractivity contribution in [3.05, 3.63) is 60.4 Å². The molecule has 2 aromatic carbocycles. The second kappa shape index (κ2) is 4.76. The lowest BCUT2D eigenvalue weighted by molar-refractivity contribution is 0.591. The van der Waals surface area contributed by atoms with Crippen molar-refractivity contribution < 1.29 is 0 Å². The van der Waals surface area contributed by atoms with Crippen LogP contribution in [0.3, 0.4) is 0 Å². The predicted molar refractivity (Wildman–Crippen MR) is 102 cm³/mol. The summed E-state index contributed by atoms with van der Waals surface area (Å²) in [6, 6.07) is 15.1. The zero-order chi connectivity index (χ0) is 17.2. The molecule has 3 heterocycles. The molecule has 122 valence electrons. The van der Waals surface area contributed by atoms with Gasteiger partial charge in [0.15, 0.2) is 11.3 Å². The highest BCUT2D eigenvalue weighted by atomic mass is 15.1. The number of pyridine rings is 1. The fourth-order valence-corrected chi connectivity index (χ4v) is 3.55. The molecule has 0 atom stereocenters. The minimum Gasteiger partial charge on any atom is -0.275 e. The third kappa shape index (κ3) is 1.97. The number of rotatable bonds is 0. The van der Waals surface area contributed by atoms with E-state index >= 15 is 0 Å². The number of fused-ring (bicyclic) bond motifs is 8. The maximum absolute atomic E-state index is 4.75. The lowest BCUT2D eigenvalue weighted by Crippen LogP contribution is -2.10. The molecule has 25 heavy (non-hydrogen) atoms. The molecule has 4 nitrogen and oxygen atoms in total. The number of imidazole rings is 1. The smallest absolute Gasteiger partial charge is 0.198 e. The molecule has 0 aliphatic carbocycles. The molecule has 5 aromatic rings. The highest BCUT2D eigenvalue weighted by Gasteiger charge is 2.18. The van der Waals surface area contributed by atoms with E-state index < -0.39 is 0 Å². The van der Waals surface area contributed by atoms with Crippen LogP contribution in [0.1, 0.15) is 26.3 Å². The summed E-state index contributed by atoms with van der Waals surface area (Å²) in [6.45, 7) is 6.73. The first-order chi connectivity index (χ1) is 12.0. The highest BCUT2D eigenvalue weighted by molar-refractivity contribution is 6.13. The van der Waals surface area contributed by atoms with E-state index in [9.17, 15) is 0 Å². The fraction of sp³-hybridized carbons (Fsp3) is 0.190. The Labute approximate surface area is 145 Å². The van der Waals surface area contributed by atoms with Gasteiger partial charge in [-0.3, -0.25) is 4.40 Å². The van der Waals surface area contributed by atoms with Gasteiger partial charge >= 0.3 is 0 Å². The summed E-state index contributed by atoms with van der Waals surface area (Å²) in [7, 11) is 0. The second-order valence-corrected chi connectivity index (χ2v) is 7.50. The van der Waals surface area contributed by atoms with Crippen molar-refractivity contribution in [2.45, 2.75) is 26.2 Å². The van der Waals surface area contributed by atoms with Gasteiger partial charge in [-0.15, -0.1) is 0 Å². The Morgan fingerprint density at radius 3 is 2.36 bits per heavy atom. The average Bonchev–Trinajstić information content (AvgIpc) is 3.00. The van der Waals surface area contributed by atoms with Crippen LogP contribution < -0.4 is 0 Å². The maximum Gasteiger partial charge on any atom is 0.198 e. The molecule has 3 aromatic heterocycles. The van der Waals surface area contributed by atoms with Gasteiger partial charge in [0.25, 0.3) is 0 Å². The topological polar surface area (TPSA) is 43.1 Å². The van der Waals surface area contributed by atoms with Crippen molar-refractivity contribution >= 4 is 38.6 Å². The number of hydrogen-bond donors (Lipinski definition) is 0. The van der Waals surface area contributed by atoms with Gasteiger partial charge in [0.05, 0.1) is 5.52 Å². The number of nitrogens with zero attached hydrogens (tertiary/aromatic N) is 4. The van der Waals surface area contributed by atoms with E-state index in [4.69, 9.17) is 4.98 Å². The van der Waals surface area contributed by atoms with E-state index in [1.54, 1.807) is 12.4 Å². The lowest BCUT2D eigenvalue weighted by Gasteiger charge is -2.20. The Hall–Kier alpha value is -3.01. The molecule has 0 N–H and O–H groups in total. The number of hydrogen-bond acceptors (Lipinski definition) is 3. The van der Waals surface area contributed by atoms with Crippen LogP contribution >= 0.6 is 0 Å². The average molecular weight is 326 g/mol. The summed E-state index contributed by atoms with van der Waals surface area (Å²) in [5, 5.41) is 3.56. The van der Waals surface area contributed by atoms with Crippen LogP contribution in [-0.4, -0.2) is 19.4 Å². The summed E-state index contributed by atoms with van der Waals surface area (Å²) >= 11 is 0. The Morgan fingerprint density at radius 2 is 1.56 bits per heavy atom. The first kappa shape index (κ1) is 14.3. The Morgan fingerprint density at radius 1 is 0.800 bits per heavy atom. The lowest BCUT2D eigenvalue weighted by atomic mass is 9.86. The third-order valence-electron chi connectivity index (χ3n) is 4.86. The van der Waals surface area contributed by atoms with Crippen molar-refractivity contribution in [3.63, 3.8) is 0 Å². The number of aromatic nitrogens is 4. The van der Waals surface area contributed by atoms with Crippen LogP contribution in [0.5, 0.6) is 0 Å². The minimum atomic E-state index is 0.0983. The van der Waals surface area contributed by atoms with Crippen molar-refractivity contribution in [1.82, 2.24) is 19.4 Å². The normalized spacial score (nSPS) is 12.6. The summed E-state index contributed by atoms with van der Waals surface area (Å²) in [5.41, 5.74) is 4.93. The first-order valence-corrected chi connectivity index (χ1v) is 8.48. The van der Waals surface area contributed by atoms with Crippen LogP contribution in [0.2, 0.25) is 0 Å². The number of benzene rings is 2. The molecular formula is C21H18N4. The van der Waals surface area contributed by atoms with Gasteiger partial charge < -0.3 is 0 Å². The van der Waals surface area contributed by atoms with Crippen LogP contribution in [0, 0.1) is 0 Å². The van der Waals surface area contributed by atoms with Gasteiger partial charge in [0.1, 0.15) is 5.65 Å². The Kier molecular flexibility index (Phi) is 2.73. The quantitative estimate of drug-likeness (QED) is 0.381. The van der Waals surface area contributed by atoms with Gasteiger partial charge in [0, 0.05) is 23.2 Å². The van der Waals surface area contributed by atoms with E-state index in [1.807, 2.05) is 0 Å². The summed E-state index contributed by atoms with van der Waals surface area (Å²) < 4.78 is 2.13. The Bertz CT molecular complexity index is 1280. The molecule has 4 heteroatoms. The van der Waals surface area contributed by atoms with E-state index in [0.717, 1.165) is 22.2 Å². The predicted octanol–water partition coefficient (Wildman–Crippen LogP) is 4.88. The van der Waals surface area contributed by atoms with Gasteiger partial charge in [-0.1, -0.05) is 51.1 Å². The van der Waals surface area contributed by atoms with Crippen molar-refractivity contribution in [2.24, 2.45) is 0 Å². The molecule has 0 aliphatic heterocycles. The van der Waals surface area contributed by atoms with Gasteiger partial charge in [-0.2, -0.15) is 0 Å². The van der Waals surface area contributed by atoms with E-state index in [1.165, 1.54) is 16.3 Å². The van der Waals surface area contributed by atoms with Crippen LogP contribution in [0.25, 0.3) is 38.6 Å². The van der Waals surface area contributed by atoms with E-state index in [2.05, 4.69) is 77.6 Å². The molecule has 0 aliphatic rings. The molecule has 0 spiro atoms. The molecule has 5 rings (SSSR count). The first-order valence-electron chi connectivity index (χ1n) is 8.48. The molecule has 0 amide bonds. The van der Waals surface area contributed by atoms with E-state index in [0.29, 0.717) is 5.65 Å². The van der Waals surface area contributed by atoms with Crippen molar-refractivity contribution in [1.29, 1.82) is 0 Å². The third-order valence-corrected chi connectivity index (χ3v) is 4.86. The Balaban J connectivity index is 2.10. The van der Waals surface area contributed by atoms with Gasteiger partial charge in [0.2, 0.25) is 0 Å². The molecule has 0 fully saturated rings. The van der Waals surface area contributed by atoms with E-state index in [-0.39, 0.29) is 5.41 Å². The minimum absolute atomic E-state index is 0.0983. The summed E-state index contributed by atoms with van der Waals surface area (Å²) in [4.78, 5) is 13.7. The van der Waals surface area contributed by atoms with Crippen LogP contribution in [0.15, 0.2) is 54.9 Å². The monoisotopic (exact) mass is 326 g/mol. The zero-order valence-electron chi connectivity index (χ0n) is 14.5. The summed E-state index contributed by atoms with van der Waals surface area (Å²) in [6.07, 6.45) is 3.41. The fourth-order valence-electron chi connectivity index (χ4n) is 3.55. The van der Waals surface area contributed by atoms with Gasteiger partial charge in [-0.05, 0) is 28.5 Å². The van der Waals surface area contributed by atoms with Crippen LogP contribution in [0.4, 0.5) is 0 Å². The molecule has 0 bridgehead atoms. The molecular weight excluding hydrogens is 308 g/mol. The zero-order valence-corrected chi connectivity index (χ0v) is 14.5. The standard InChI is InChI=1S/C21H18N4/c1-21(2,3)13-8-9-17-16(12-13)14-6-4-5-7-15(14)19-24-18-20(25(17)19)23-11-10-22-18/h4-12H,1-3H3. The van der Waals surface area contributed by atoms with Gasteiger partial charge in [-0.25, -0.2) is 15.0 Å². The largest absolute Gasteiger partial charge is 0.275 e. The van der Waals surface area contributed by atoms with Crippen LogP contribution in [-0.2, 0) is 5.41 Å². The maximum atomic E-state index is 4.75. The van der Waals surface area contributed by atoms with Crippen molar-refractivity contribution in [2.75, 3.05) is 0 Å². The molecule has 0 radical (unpaired) electrons. The molecule has 0 unspecified atom stereocenters. The SMILES string of the molecule is CC(C)(C)c1ccc2c(c1)c1ccccc1c1nc3nccnc3n21. The second-order valence-electron chi connectivity index (χ2n) is 7.50.